The van der Waals surface area contributed by atoms with E-state index in [1.807, 2.05) is 12.1 Å². The van der Waals surface area contributed by atoms with E-state index in [1.165, 1.54) is 23.8 Å². The third-order valence-corrected chi connectivity index (χ3v) is 3.72. The van der Waals surface area contributed by atoms with Gasteiger partial charge in [-0.05, 0) is 42.0 Å². The molecule has 0 saturated heterocycles. The summed E-state index contributed by atoms with van der Waals surface area (Å²) in [6.45, 7) is 0. The first-order valence-electron chi connectivity index (χ1n) is 6.81. The van der Waals surface area contributed by atoms with E-state index in [0.29, 0.717) is 5.69 Å². The molecule has 3 rings (SSSR count). The summed E-state index contributed by atoms with van der Waals surface area (Å²) in [5, 5.41) is 0. The lowest BCUT2D eigenvalue weighted by Gasteiger charge is -1.99. The normalized spacial score (nSPS) is 15.3. The van der Waals surface area contributed by atoms with Crippen molar-refractivity contribution in [3.63, 3.8) is 0 Å². The fourth-order valence-corrected chi connectivity index (χ4v) is 2.66. The van der Waals surface area contributed by atoms with Crippen molar-refractivity contribution in [3.8, 4) is 0 Å². The van der Waals surface area contributed by atoms with Crippen molar-refractivity contribution >= 4 is 11.5 Å². The highest BCUT2D eigenvalue weighted by Gasteiger charge is 2.21. The molecule has 0 atom stereocenters. The second-order valence-corrected chi connectivity index (χ2v) is 4.99. The van der Waals surface area contributed by atoms with Gasteiger partial charge in [-0.25, -0.2) is 4.79 Å². The first-order valence-corrected chi connectivity index (χ1v) is 6.81. The standard InChI is InChI=1S/C17H17NO2/c1-20-17(19)16-11-14-13(9-10-15(14)18-16)8-7-12-5-3-2-4-6-12/h2-6,8,11,18H,7,9-10H2,1H3/b13-8+. The Morgan fingerprint density at radius 3 is 2.85 bits per heavy atom. The minimum absolute atomic E-state index is 0.304. The highest BCUT2D eigenvalue weighted by Crippen LogP contribution is 2.33. The Balaban J connectivity index is 1.81. The molecule has 0 saturated carbocycles. The summed E-state index contributed by atoms with van der Waals surface area (Å²) >= 11 is 0. The number of hydrogen-bond donors (Lipinski definition) is 1. The van der Waals surface area contributed by atoms with Gasteiger partial charge in [-0.1, -0.05) is 36.4 Å². The van der Waals surface area contributed by atoms with E-state index in [-0.39, 0.29) is 5.97 Å². The first kappa shape index (κ1) is 12.7. The van der Waals surface area contributed by atoms with Crippen LogP contribution >= 0.6 is 0 Å². The number of benzene rings is 1. The van der Waals surface area contributed by atoms with Gasteiger partial charge in [-0.2, -0.15) is 0 Å². The highest BCUT2D eigenvalue weighted by atomic mass is 16.5. The molecule has 1 heterocycles. The number of aryl methyl sites for hydroxylation is 1. The van der Waals surface area contributed by atoms with Crippen LogP contribution in [-0.2, 0) is 17.6 Å². The fraction of sp³-hybridized carbons (Fsp3) is 0.235. The molecule has 0 radical (unpaired) electrons. The van der Waals surface area contributed by atoms with Crippen molar-refractivity contribution < 1.29 is 9.53 Å². The van der Waals surface area contributed by atoms with Gasteiger partial charge in [0.25, 0.3) is 0 Å². The number of aromatic nitrogens is 1. The largest absolute Gasteiger partial charge is 0.464 e. The van der Waals surface area contributed by atoms with E-state index in [4.69, 9.17) is 4.74 Å². The molecule has 3 heteroatoms. The summed E-state index contributed by atoms with van der Waals surface area (Å²) in [5.74, 6) is -0.304. The maximum Gasteiger partial charge on any atom is 0.354 e. The van der Waals surface area contributed by atoms with E-state index in [1.54, 1.807) is 0 Å². The zero-order valence-corrected chi connectivity index (χ0v) is 11.5. The molecule has 1 aliphatic rings. The predicted molar refractivity (Wildman–Crippen MR) is 78.6 cm³/mol. The van der Waals surface area contributed by atoms with E-state index < -0.39 is 0 Å². The van der Waals surface area contributed by atoms with E-state index in [2.05, 4.69) is 35.3 Å². The maximum atomic E-state index is 11.5. The lowest BCUT2D eigenvalue weighted by atomic mass is 10.1. The molecule has 0 spiro atoms. The number of H-pyrrole nitrogens is 1. The summed E-state index contributed by atoms with van der Waals surface area (Å²) in [4.78, 5) is 14.7. The number of rotatable bonds is 3. The quantitative estimate of drug-likeness (QED) is 0.866. The lowest BCUT2D eigenvalue weighted by Crippen LogP contribution is -2.01. The number of hydrogen-bond acceptors (Lipinski definition) is 2. The first-order chi connectivity index (χ1) is 9.78. The summed E-state index contributed by atoms with van der Waals surface area (Å²) in [5.41, 5.74) is 5.47. The van der Waals surface area contributed by atoms with Crippen LogP contribution in [0.15, 0.2) is 42.5 Å². The Kier molecular flexibility index (Phi) is 3.42. The summed E-state index contributed by atoms with van der Waals surface area (Å²) in [7, 11) is 1.40. The molecular weight excluding hydrogens is 250 g/mol. The minimum atomic E-state index is -0.304. The molecule has 1 aromatic heterocycles. The summed E-state index contributed by atoms with van der Waals surface area (Å²) in [6, 6.07) is 12.3. The number of ether oxygens (including phenoxy) is 1. The molecule has 0 amide bonds. The van der Waals surface area contributed by atoms with Crippen molar-refractivity contribution in [2.45, 2.75) is 19.3 Å². The Bertz CT molecular complexity index is 653. The number of aromatic amines is 1. The second kappa shape index (κ2) is 5.37. The average molecular weight is 267 g/mol. The Labute approximate surface area is 118 Å². The van der Waals surface area contributed by atoms with Crippen LogP contribution in [0.1, 0.15) is 33.7 Å². The van der Waals surface area contributed by atoms with E-state index in [9.17, 15) is 4.79 Å². The molecule has 2 aromatic rings. The third kappa shape index (κ3) is 2.39. The molecule has 3 nitrogen and oxygen atoms in total. The smallest absolute Gasteiger partial charge is 0.354 e. The van der Waals surface area contributed by atoms with Crippen LogP contribution in [-0.4, -0.2) is 18.1 Å². The zero-order valence-electron chi connectivity index (χ0n) is 11.5. The topological polar surface area (TPSA) is 42.1 Å². The van der Waals surface area contributed by atoms with Crippen molar-refractivity contribution in [1.82, 2.24) is 4.98 Å². The van der Waals surface area contributed by atoms with Gasteiger partial charge in [-0.3, -0.25) is 0 Å². The number of nitrogens with one attached hydrogen (secondary N) is 1. The number of allylic oxidation sites excluding steroid dienone is 2. The van der Waals surface area contributed by atoms with Crippen molar-refractivity contribution in [2.75, 3.05) is 7.11 Å². The van der Waals surface area contributed by atoms with Gasteiger partial charge in [0.15, 0.2) is 0 Å². The Morgan fingerprint density at radius 1 is 1.30 bits per heavy atom. The van der Waals surface area contributed by atoms with Gasteiger partial charge in [0.2, 0.25) is 0 Å². The number of fused-ring (bicyclic) bond motifs is 1. The molecule has 0 unspecified atom stereocenters. The number of carbonyl (C=O) groups excluding carboxylic acids is 1. The van der Waals surface area contributed by atoms with Gasteiger partial charge in [0.05, 0.1) is 7.11 Å². The van der Waals surface area contributed by atoms with Crippen LogP contribution in [0.5, 0.6) is 0 Å². The average Bonchev–Trinajstić information content (AvgIpc) is 3.06. The number of methoxy groups -OCH3 is 1. The summed E-state index contributed by atoms with van der Waals surface area (Å²) < 4.78 is 4.75. The maximum absolute atomic E-state index is 11.5. The molecule has 0 bridgehead atoms. The Morgan fingerprint density at radius 2 is 2.10 bits per heavy atom. The fourth-order valence-electron chi connectivity index (χ4n) is 2.66. The molecule has 0 fully saturated rings. The molecule has 0 aliphatic heterocycles. The van der Waals surface area contributed by atoms with E-state index in [0.717, 1.165) is 25.0 Å². The molecule has 1 N–H and O–H groups in total. The van der Waals surface area contributed by atoms with Gasteiger partial charge in [-0.15, -0.1) is 0 Å². The Hall–Kier alpha value is -2.29. The van der Waals surface area contributed by atoms with Crippen LogP contribution in [0.3, 0.4) is 0 Å². The van der Waals surface area contributed by atoms with Crippen molar-refractivity contribution in [2.24, 2.45) is 0 Å². The SMILES string of the molecule is COC(=O)c1cc2c([nH]1)CC/C2=C\Cc1ccccc1. The molecule has 102 valence electrons. The van der Waals surface area contributed by atoms with Crippen LogP contribution in [0, 0.1) is 0 Å². The van der Waals surface area contributed by atoms with Gasteiger partial charge >= 0.3 is 5.97 Å². The van der Waals surface area contributed by atoms with Gasteiger partial charge in [0, 0.05) is 5.69 Å². The molecular formula is C17H17NO2. The molecule has 20 heavy (non-hydrogen) atoms. The van der Waals surface area contributed by atoms with Crippen molar-refractivity contribution in [3.05, 3.63) is 65.0 Å². The van der Waals surface area contributed by atoms with Crippen LogP contribution in [0.2, 0.25) is 0 Å². The molecule has 1 aliphatic carbocycles. The van der Waals surface area contributed by atoms with E-state index >= 15 is 0 Å². The second-order valence-electron chi connectivity index (χ2n) is 4.99. The van der Waals surface area contributed by atoms with Gasteiger partial charge < -0.3 is 9.72 Å². The lowest BCUT2D eigenvalue weighted by molar-refractivity contribution is 0.0594. The van der Waals surface area contributed by atoms with Crippen LogP contribution in [0.25, 0.3) is 5.57 Å². The number of esters is 1. The zero-order chi connectivity index (χ0) is 13.9. The van der Waals surface area contributed by atoms with Gasteiger partial charge in [0.1, 0.15) is 5.69 Å². The third-order valence-electron chi connectivity index (χ3n) is 3.72. The summed E-state index contributed by atoms with van der Waals surface area (Å²) in [6.07, 6.45) is 5.19. The molecule has 1 aromatic carbocycles. The predicted octanol–water partition coefficient (Wildman–Crippen LogP) is 3.37. The highest BCUT2D eigenvalue weighted by molar-refractivity contribution is 5.90. The van der Waals surface area contributed by atoms with Crippen molar-refractivity contribution in [1.29, 1.82) is 0 Å². The van der Waals surface area contributed by atoms with Crippen LogP contribution in [0.4, 0.5) is 0 Å². The minimum Gasteiger partial charge on any atom is -0.464 e. The van der Waals surface area contributed by atoms with Crippen LogP contribution < -0.4 is 0 Å². The monoisotopic (exact) mass is 267 g/mol. The number of carbonyl (C=O) groups is 1.